The molecule has 0 bridgehead atoms. The predicted octanol–water partition coefficient (Wildman–Crippen LogP) is 4.04. The highest BCUT2D eigenvalue weighted by Crippen LogP contribution is 2.22. The molecule has 1 aromatic carbocycles. The van der Waals surface area contributed by atoms with Crippen molar-refractivity contribution in [3.05, 3.63) is 24.0 Å². The minimum atomic E-state index is -0.528. The molecular formula is C18H29FN2O3. The topological polar surface area (TPSA) is 59.6 Å². The Hall–Kier alpha value is -1.98. The van der Waals surface area contributed by atoms with Crippen LogP contribution >= 0.6 is 0 Å². The molecule has 0 saturated carbocycles. The lowest BCUT2D eigenvalue weighted by Gasteiger charge is -2.24. The van der Waals surface area contributed by atoms with Gasteiger partial charge in [0.15, 0.2) is 0 Å². The van der Waals surface area contributed by atoms with Crippen LogP contribution in [0.5, 0.6) is 5.75 Å². The number of hydrogen-bond acceptors (Lipinski definition) is 4. The third kappa shape index (κ3) is 7.06. The molecule has 136 valence electrons. The van der Waals surface area contributed by atoms with Gasteiger partial charge in [-0.25, -0.2) is 9.18 Å². The summed E-state index contributed by atoms with van der Waals surface area (Å²) in [5.74, 6) is 0.689. The fraction of sp³-hybridized carbons (Fsp3) is 0.611. The Labute approximate surface area is 143 Å². The van der Waals surface area contributed by atoms with Crippen LogP contribution in [0.15, 0.2) is 18.2 Å². The lowest BCUT2D eigenvalue weighted by atomic mass is 9.95. The summed E-state index contributed by atoms with van der Waals surface area (Å²) in [5, 5.41) is 5.87. The van der Waals surface area contributed by atoms with Gasteiger partial charge in [0.25, 0.3) is 0 Å². The third-order valence-electron chi connectivity index (χ3n) is 3.58. The van der Waals surface area contributed by atoms with Gasteiger partial charge in [0.2, 0.25) is 0 Å². The molecule has 1 atom stereocenters. The van der Waals surface area contributed by atoms with Crippen LogP contribution < -0.4 is 15.4 Å². The van der Waals surface area contributed by atoms with E-state index in [1.54, 1.807) is 19.2 Å². The van der Waals surface area contributed by atoms with Crippen molar-refractivity contribution in [3.8, 4) is 5.75 Å². The molecule has 1 aromatic rings. The molecule has 2 N–H and O–H groups in total. The zero-order valence-corrected chi connectivity index (χ0v) is 15.4. The highest BCUT2D eigenvalue weighted by molar-refractivity contribution is 5.67. The number of alkyl carbamates (subject to hydrolysis) is 1. The van der Waals surface area contributed by atoms with Crippen LogP contribution in [-0.4, -0.2) is 31.9 Å². The Kier molecular flexibility index (Phi) is 7.32. The first-order valence-electron chi connectivity index (χ1n) is 8.16. The second-order valence-corrected chi connectivity index (χ2v) is 7.11. The number of carbonyl (C=O) groups is 1. The molecule has 0 heterocycles. The summed E-state index contributed by atoms with van der Waals surface area (Å²) in [6.45, 7) is 10.6. The molecular weight excluding hydrogens is 311 g/mol. The predicted molar refractivity (Wildman–Crippen MR) is 94.0 cm³/mol. The summed E-state index contributed by atoms with van der Waals surface area (Å²) < 4.78 is 24.2. The first kappa shape index (κ1) is 20.1. The number of amides is 1. The van der Waals surface area contributed by atoms with Crippen LogP contribution in [0.2, 0.25) is 0 Å². The van der Waals surface area contributed by atoms with E-state index >= 15 is 0 Å². The van der Waals surface area contributed by atoms with Gasteiger partial charge >= 0.3 is 6.09 Å². The molecule has 1 unspecified atom stereocenters. The zero-order chi connectivity index (χ0) is 18.3. The summed E-state index contributed by atoms with van der Waals surface area (Å²) in [6, 6.07) is 4.56. The van der Waals surface area contributed by atoms with Crippen LogP contribution in [0.25, 0.3) is 0 Å². The molecule has 1 amide bonds. The van der Waals surface area contributed by atoms with Crippen molar-refractivity contribution in [2.45, 2.75) is 40.2 Å². The summed E-state index contributed by atoms with van der Waals surface area (Å²) in [5.41, 5.74) is -0.142. The molecule has 24 heavy (non-hydrogen) atoms. The van der Waals surface area contributed by atoms with Gasteiger partial charge in [0, 0.05) is 19.2 Å². The lowest BCUT2D eigenvalue weighted by Crippen LogP contribution is -2.38. The van der Waals surface area contributed by atoms with Crippen LogP contribution in [0.4, 0.5) is 14.9 Å². The van der Waals surface area contributed by atoms with Crippen molar-refractivity contribution in [3.63, 3.8) is 0 Å². The number of hydrogen-bond donors (Lipinski definition) is 2. The second kappa shape index (κ2) is 8.76. The fourth-order valence-electron chi connectivity index (χ4n) is 2.08. The van der Waals surface area contributed by atoms with Gasteiger partial charge < -0.3 is 20.1 Å². The number of methoxy groups -OCH3 is 1. The van der Waals surface area contributed by atoms with E-state index < -0.39 is 11.7 Å². The minimum Gasteiger partial charge on any atom is -0.497 e. The van der Waals surface area contributed by atoms with Crippen molar-refractivity contribution >= 4 is 11.8 Å². The molecule has 0 aliphatic heterocycles. The number of carbonyl (C=O) groups excluding carboxylic acids is 1. The van der Waals surface area contributed by atoms with E-state index in [1.165, 1.54) is 6.07 Å². The molecule has 0 fully saturated rings. The molecule has 0 aliphatic rings. The smallest absolute Gasteiger partial charge is 0.407 e. The van der Waals surface area contributed by atoms with Crippen LogP contribution in [0, 0.1) is 17.7 Å². The largest absolute Gasteiger partial charge is 0.497 e. The van der Waals surface area contributed by atoms with Gasteiger partial charge in [-0.1, -0.05) is 13.8 Å². The lowest BCUT2D eigenvalue weighted by molar-refractivity contribution is 0.0516. The highest BCUT2D eigenvalue weighted by atomic mass is 19.1. The first-order chi connectivity index (χ1) is 11.1. The Bertz CT molecular complexity index is 542. The number of rotatable bonds is 7. The average Bonchev–Trinajstić information content (AvgIpc) is 2.46. The van der Waals surface area contributed by atoms with Crippen molar-refractivity contribution in [2.75, 3.05) is 25.5 Å². The summed E-state index contributed by atoms with van der Waals surface area (Å²) in [4.78, 5) is 11.8. The number of nitrogens with one attached hydrogen (secondary N) is 2. The molecule has 0 radical (unpaired) electrons. The Morgan fingerprint density at radius 3 is 2.46 bits per heavy atom. The van der Waals surface area contributed by atoms with Gasteiger partial charge in [0.05, 0.1) is 12.8 Å². The van der Waals surface area contributed by atoms with Crippen LogP contribution in [0.3, 0.4) is 0 Å². The minimum absolute atomic E-state index is 0.128. The Balaban J connectivity index is 2.59. The quantitative estimate of drug-likeness (QED) is 0.786. The molecule has 0 aliphatic carbocycles. The van der Waals surface area contributed by atoms with E-state index in [-0.39, 0.29) is 11.7 Å². The van der Waals surface area contributed by atoms with Gasteiger partial charge in [-0.3, -0.25) is 0 Å². The van der Waals surface area contributed by atoms with Gasteiger partial charge in [-0.15, -0.1) is 0 Å². The number of halogens is 1. The summed E-state index contributed by atoms with van der Waals surface area (Å²) in [7, 11) is 1.54. The third-order valence-corrected chi connectivity index (χ3v) is 3.58. The Morgan fingerprint density at radius 1 is 1.25 bits per heavy atom. The van der Waals surface area contributed by atoms with Crippen LogP contribution in [0.1, 0.15) is 34.6 Å². The van der Waals surface area contributed by atoms with Gasteiger partial charge in [0.1, 0.15) is 17.2 Å². The fourth-order valence-corrected chi connectivity index (χ4v) is 2.08. The standard InChI is InChI=1S/C18H29FN2O3/c1-12(2)13(11-21-17(22)24-18(3,4)5)10-20-16-9-14(23-6)7-8-15(16)19/h7-9,12-13,20H,10-11H2,1-6H3,(H,21,22). The number of ether oxygens (including phenoxy) is 2. The maximum Gasteiger partial charge on any atom is 0.407 e. The van der Waals surface area contributed by atoms with E-state index in [4.69, 9.17) is 9.47 Å². The van der Waals surface area contributed by atoms with Crippen molar-refractivity contribution in [2.24, 2.45) is 11.8 Å². The zero-order valence-electron chi connectivity index (χ0n) is 15.4. The van der Waals surface area contributed by atoms with Crippen molar-refractivity contribution in [1.29, 1.82) is 0 Å². The molecule has 0 aromatic heterocycles. The van der Waals surface area contributed by atoms with Crippen molar-refractivity contribution < 1.29 is 18.7 Å². The maximum atomic E-state index is 13.8. The van der Waals surface area contributed by atoms with E-state index in [2.05, 4.69) is 24.5 Å². The van der Waals surface area contributed by atoms with E-state index in [0.717, 1.165) is 0 Å². The average molecular weight is 340 g/mol. The Morgan fingerprint density at radius 2 is 1.92 bits per heavy atom. The molecule has 1 rings (SSSR count). The van der Waals surface area contributed by atoms with E-state index in [9.17, 15) is 9.18 Å². The van der Waals surface area contributed by atoms with E-state index in [0.29, 0.717) is 30.4 Å². The molecule has 5 nitrogen and oxygen atoms in total. The first-order valence-corrected chi connectivity index (χ1v) is 8.16. The molecule has 6 heteroatoms. The number of anilines is 1. The van der Waals surface area contributed by atoms with Crippen molar-refractivity contribution in [1.82, 2.24) is 5.32 Å². The second-order valence-electron chi connectivity index (χ2n) is 7.11. The molecule has 0 saturated heterocycles. The number of benzene rings is 1. The summed E-state index contributed by atoms with van der Waals surface area (Å²) in [6.07, 6.45) is -0.444. The monoisotopic (exact) mass is 340 g/mol. The maximum absolute atomic E-state index is 13.8. The highest BCUT2D eigenvalue weighted by Gasteiger charge is 2.19. The summed E-state index contributed by atoms with van der Waals surface area (Å²) >= 11 is 0. The normalized spacial score (nSPS) is 12.7. The van der Waals surface area contributed by atoms with Crippen LogP contribution in [-0.2, 0) is 4.74 Å². The SMILES string of the molecule is COc1ccc(F)c(NCC(CNC(=O)OC(C)(C)C)C(C)C)c1. The van der Waals surface area contributed by atoms with Gasteiger partial charge in [-0.05, 0) is 44.7 Å². The molecule has 0 spiro atoms. The van der Waals surface area contributed by atoms with E-state index in [1.807, 2.05) is 20.8 Å². The van der Waals surface area contributed by atoms with Gasteiger partial charge in [-0.2, -0.15) is 0 Å².